The predicted molar refractivity (Wildman–Crippen MR) is 117 cm³/mol. The summed E-state index contributed by atoms with van der Waals surface area (Å²) in [7, 11) is 4.68. The summed E-state index contributed by atoms with van der Waals surface area (Å²) in [5.74, 6) is 2.64. The molecule has 0 spiro atoms. The number of nitrogens with one attached hydrogen (secondary N) is 1. The maximum atomic E-state index is 9.36. The normalized spacial score (nSPS) is 10.9. The van der Waals surface area contributed by atoms with Crippen molar-refractivity contribution in [1.29, 1.82) is 0 Å². The highest BCUT2D eigenvalue weighted by Gasteiger charge is 2.15. The van der Waals surface area contributed by atoms with Crippen molar-refractivity contribution in [2.75, 3.05) is 26.6 Å². The molecule has 0 aliphatic carbocycles. The highest BCUT2D eigenvalue weighted by Crippen LogP contribution is 2.39. The second-order valence-corrected chi connectivity index (χ2v) is 6.86. The molecule has 0 atom stereocenters. The zero-order chi connectivity index (χ0) is 22.0. The van der Waals surface area contributed by atoms with Gasteiger partial charge in [-0.2, -0.15) is 4.98 Å². The number of fused-ring (bicyclic) bond motifs is 1. The smallest absolute Gasteiger partial charge is 0.224 e. The number of nitrogens with zero attached hydrogens (tertiary/aromatic N) is 4. The summed E-state index contributed by atoms with van der Waals surface area (Å²) >= 11 is 6.09. The van der Waals surface area contributed by atoms with Crippen molar-refractivity contribution >= 4 is 34.1 Å². The van der Waals surface area contributed by atoms with Gasteiger partial charge in [0, 0.05) is 17.5 Å². The molecule has 160 valence electrons. The summed E-state index contributed by atoms with van der Waals surface area (Å²) in [5.41, 5.74) is 2.13. The molecular formula is C21H20ClN5O4. The van der Waals surface area contributed by atoms with Gasteiger partial charge in [0.2, 0.25) is 11.0 Å². The second-order valence-electron chi connectivity index (χ2n) is 6.53. The van der Waals surface area contributed by atoms with Crippen LogP contribution in [0.15, 0.2) is 42.9 Å². The van der Waals surface area contributed by atoms with Gasteiger partial charge < -0.3 is 29.2 Å². The molecule has 0 unspecified atom stereocenters. The monoisotopic (exact) mass is 441 g/mol. The van der Waals surface area contributed by atoms with E-state index < -0.39 is 0 Å². The van der Waals surface area contributed by atoms with E-state index in [9.17, 15) is 5.11 Å². The third kappa shape index (κ3) is 4.05. The van der Waals surface area contributed by atoms with Crippen LogP contribution in [0.5, 0.6) is 17.2 Å². The lowest BCUT2D eigenvalue weighted by Crippen LogP contribution is -1.99. The van der Waals surface area contributed by atoms with Crippen molar-refractivity contribution in [3.05, 3.63) is 53.7 Å². The largest absolute Gasteiger partial charge is 0.493 e. The number of benzene rings is 2. The van der Waals surface area contributed by atoms with Gasteiger partial charge in [-0.3, -0.25) is 0 Å². The second kappa shape index (κ2) is 8.66. The first-order chi connectivity index (χ1) is 15.1. The standard InChI is InChI=1S/C21H20ClN5O4/c1-29-16-7-13(8-17(30-2)19(16)31-3)27-9-18(23-11-27)25-20-14-5-4-12(10-28)6-15(14)24-21(22)26-20/h4-9,11,28H,10H2,1-3H3,(H,24,25,26). The third-order valence-corrected chi connectivity index (χ3v) is 4.86. The van der Waals surface area contributed by atoms with Gasteiger partial charge in [0.1, 0.15) is 18.0 Å². The Morgan fingerprint density at radius 2 is 1.77 bits per heavy atom. The first kappa shape index (κ1) is 20.7. The summed E-state index contributed by atoms with van der Waals surface area (Å²) in [4.78, 5) is 12.9. The molecule has 0 saturated carbocycles. The fourth-order valence-corrected chi connectivity index (χ4v) is 3.38. The minimum atomic E-state index is -0.0838. The Bertz CT molecular complexity index is 1220. The van der Waals surface area contributed by atoms with Crippen molar-refractivity contribution in [2.24, 2.45) is 0 Å². The van der Waals surface area contributed by atoms with E-state index in [2.05, 4.69) is 20.3 Å². The van der Waals surface area contributed by atoms with Crippen LogP contribution in [0.3, 0.4) is 0 Å². The number of methoxy groups -OCH3 is 3. The molecule has 2 N–H and O–H groups in total. The van der Waals surface area contributed by atoms with Crippen LogP contribution in [-0.2, 0) is 6.61 Å². The molecule has 31 heavy (non-hydrogen) atoms. The number of rotatable bonds is 7. The van der Waals surface area contributed by atoms with Gasteiger partial charge in [-0.25, -0.2) is 9.97 Å². The number of aliphatic hydroxyl groups is 1. The van der Waals surface area contributed by atoms with Crippen LogP contribution >= 0.6 is 11.6 Å². The fourth-order valence-electron chi connectivity index (χ4n) is 3.21. The molecule has 0 aliphatic heterocycles. The SMILES string of the molecule is COc1cc(-n2cnc(Nc3nc(Cl)nc4cc(CO)ccc34)c2)cc(OC)c1OC. The third-order valence-electron chi connectivity index (χ3n) is 4.69. The van der Waals surface area contributed by atoms with Crippen molar-refractivity contribution in [3.63, 3.8) is 0 Å². The number of imidazole rings is 1. The molecule has 4 rings (SSSR count). The molecule has 4 aromatic rings. The van der Waals surface area contributed by atoms with Crippen LogP contribution in [0, 0.1) is 0 Å². The number of hydrogen-bond acceptors (Lipinski definition) is 8. The number of anilines is 2. The average molecular weight is 442 g/mol. The molecule has 2 heterocycles. The Morgan fingerprint density at radius 1 is 1.03 bits per heavy atom. The van der Waals surface area contributed by atoms with Gasteiger partial charge in [0.15, 0.2) is 11.5 Å². The molecule has 9 nitrogen and oxygen atoms in total. The number of hydrogen-bond donors (Lipinski definition) is 2. The lowest BCUT2D eigenvalue weighted by atomic mass is 10.1. The zero-order valence-corrected chi connectivity index (χ0v) is 17.8. The van der Waals surface area contributed by atoms with Crippen LogP contribution in [0.4, 0.5) is 11.6 Å². The summed E-state index contributed by atoms with van der Waals surface area (Å²) in [6.45, 7) is -0.0838. The molecule has 0 amide bonds. The fraction of sp³-hybridized carbons (Fsp3) is 0.190. The summed E-state index contributed by atoms with van der Waals surface area (Å²) in [6, 6.07) is 9.04. The van der Waals surface area contributed by atoms with Crippen LogP contribution in [0.25, 0.3) is 16.6 Å². The molecule has 0 aliphatic rings. The predicted octanol–water partition coefficient (Wildman–Crippen LogP) is 3.73. The Balaban J connectivity index is 1.69. The van der Waals surface area contributed by atoms with Crippen LogP contribution in [0.2, 0.25) is 5.28 Å². The molecular weight excluding hydrogens is 422 g/mol. The van der Waals surface area contributed by atoms with E-state index in [1.54, 1.807) is 46.0 Å². The molecule has 0 fully saturated rings. The molecule has 2 aromatic heterocycles. The number of ether oxygens (including phenoxy) is 3. The highest BCUT2D eigenvalue weighted by atomic mass is 35.5. The van der Waals surface area contributed by atoms with Gasteiger partial charge in [-0.15, -0.1) is 0 Å². The number of aliphatic hydroxyl groups excluding tert-OH is 1. The van der Waals surface area contributed by atoms with Gasteiger partial charge in [0.05, 0.1) is 45.3 Å². The summed E-state index contributed by atoms with van der Waals surface area (Å²) in [6.07, 6.45) is 3.45. The maximum absolute atomic E-state index is 9.36. The Hall–Kier alpha value is -3.56. The van der Waals surface area contributed by atoms with Crippen molar-refractivity contribution in [3.8, 4) is 22.9 Å². The molecule has 0 radical (unpaired) electrons. The van der Waals surface area contributed by atoms with Gasteiger partial charge in [0.25, 0.3) is 0 Å². The van der Waals surface area contributed by atoms with E-state index in [-0.39, 0.29) is 11.9 Å². The van der Waals surface area contributed by atoms with E-state index >= 15 is 0 Å². The van der Waals surface area contributed by atoms with Crippen LogP contribution in [0.1, 0.15) is 5.56 Å². The highest BCUT2D eigenvalue weighted by molar-refractivity contribution is 6.28. The lowest BCUT2D eigenvalue weighted by Gasteiger charge is -2.14. The Labute approximate surface area is 183 Å². The van der Waals surface area contributed by atoms with Crippen LogP contribution < -0.4 is 19.5 Å². The molecule has 10 heteroatoms. The lowest BCUT2D eigenvalue weighted by molar-refractivity contribution is 0.282. The summed E-state index contributed by atoms with van der Waals surface area (Å²) < 4.78 is 18.0. The topological polar surface area (TPSA) is 104 Å². The minimum absolute atomic E-state index is 0.0838. The number of halogens is 1. The van der Waals surface area contributed by atoms with Crippen molar-refractivity contribution < 1.29 is 19.3 Å². The maximum Gasteiger partial charge on any atom is 0.224 e. The molecule has 2 aromatic carbocycles. The van der Waals surface area contributed by atoms with E-state index in [4.69, 9.17) is 25.8 Å². The first-order valence-corrected chi connectivity index (χ1v) is 9.62. The van der Waals surface area contributed by atoms with E-state index in [0.717, 1.165) is 16.6 Å². The first-order valence-electron chi connectivity index (χ1n) is 9.24. The van der Waals surface area contributed by atoms with E-state index in [0.29, 0.717) is 34.4 Å². The Morgan fingerprint density at radius 3 is 2.42 bits per heavy atom. The molecule has 0 saturated heterocycles. The Kier molecular flexibility index (Phi) is 5.79. The summed E-state index contributed by atoms with van der Waals surface area (Å²) in [5, 5.41) is 13.4. The van der Waals surface area contributed by atoms with Gasteiger partial charge >= 0.3 is 0 Å². The van der Waals surface area contributed by atoms with Crippen LogP contribution in [-0.4, -0.2) is 46.0 Å². The number of aromatic nitrogens is 4. The zero-order valence-electron chi connectivity index (χ0n) is 17.1. The van der Waals surface area contributed by atoms with Gasteiger partial charge in [-0.05, 0) is 29.3 Å². The van der Waals surface area contributed by atoms with Crippen molar-refractivity contribution in [2.45, 2.75) is 6.61 Å². The van der Waals surface area contributed by atoms with Crippen molar-refractivity contribution in [1.82, 2.24) is 19.5 Å². The van der Waals surface area contributed by atoms with Gasteiger partial charge in [-0.1, -0.05) is 6.07 Å². The molecule has 0 bridgehead atoms. The quantitative estimate of drug-likeness (QED) is 0.418. The van der Waals surface area contributed by atoms with E-state index in [1.807, 2.05) is 22.8 Å². The van der Waals surface area contributed by atoms with E-state index in [1.165, 1.54) is 0 Å². The minimum Gasteiger partial charge on any atom is -0.493 e. The average Bonchev–Trinajstić information content (AvgIpc) is 3.25.